The molecule has 0 aromatic heterocycles. The van der Waals surface area contributed by atoms with E-state index in [-0.39, 0.29) is 6.42 Å². The van der Waals surface area contributed by atoms with Crippen molar-refractivity contribution in [2.75, 3.05) is 6.67 Å². The second kappa shape index (κ2) is 4.26. The minimum atomic E-state index is -0.747. The fourth-order valence-corrected chi connectivity index (χ4v) is 0.389. The molecule has 0 aliphatic carbocycles. The fraction of sp³-hybridized carbons (Fsp3) is 0.714. The lowest BCUT2D eigenvalue weighted by Crippen LogP contribution is -2.45. The van der Waals surface area contributed by atoms with Crippen LogP contribution < -0.4 is 11.5 Å². The largest absolute Gasteiger partial charge is 0.313 e. The average molecular weight is 144 g/mol. The average Bonchev–Trinajstić information content (AvgIpc) is 1.78. The van der Waals surface area contributed by atoms with Crippen molar-refractivity contribution in [3.63, 3.8) is 0 Å². The van der Waals surface area contributed by atoms with Crippen molar-refractivity contribution >= 4 is 0 Å². The van der Waals surface area contributed by atoms with E-state index in [0.717, 1.165) is 0 Å². The lowest BCUT2D eigenvalue weighted by Gasteiger charge is -2.13. The highest BCUT2D eigenvalue weighted by atomic mass is 19.1. The van der Waals surface area contributed by atoms with Gasteiger partial charge in [-0.2, -0.15) is 0 Å². The number of hydrogen-bond acceptors (Lipinski definition) is 2. The molecule has 3 heteroatoms. The molecule has 0 unspecified atom stereocenters. The molecule has 0 aliphatic rings. The Balaban J connectivity index is 3.46. The number of alkyl halides is 1. The zero-order valence-electron chi connectivity index (χ0n) is 6.15. The fourth-order valence-electron chi connectivity index (χ4n) is 0.389. The van der Waals surface area contributed by atoms with Crippen LogP contribution in [0.4, 0.5) is 4.39 Å². The first-order chi connectivity index (χ1) is 4.56. The van der Waals surface area contributed by atoms with Gasteiger partial charge in [0.25, 0.3) is 0 Å². The van der Waals surface area contributed by atoms with Crippen LogP contribution in [0.1, 0.15) is 19.8 Å². The zero-order valence-corrected chi connectivity index (χ0v) is 6.15. The van der Waals surface area contributed by atoms with Crippen molar-refractivity contribution in [2.24, 2.45) is 11.5 Å². The molecule has 0 heterocycles. The van der Waals surface area contributed by atoms with Gasteiger partial charge in [0, 0.05) is 12.8 Å². The molecule has 0 amide bonds. The highest BCUT2D eigenvalue weighted by Gasteiger charge is 2.06. The molecule has 0 saturated heterocycles. The molecule has 0 fully saturated rings. The maximum absolute atomic E-state index is 11.4. The molecule has 0 aromatic rings. The van der Waals surface area contributed by atoms with Crippen LogP contribution in [0.3, 0.4) is 0 Å². The van der Waals surface area contributed by atoms with Gasteiger partial charge in [0.15, 0.2) is 0 Å². The Morgan fingerprint density at radius 2 is 2.00 bits per heavy atom. The molecule has 0 saturated carbocycles. The summed E-state index contributed by atoms with van der Waals surface area (Å²) in [7, 11) is 0. The Kier molecular flexibility index (Phi) is 4.01. The SMILES string of the molecule is CC(N)(N)CC#CCCF. The molecule has 4 N–H and O–H groups in total. The van der Waals surface area contributed by atoms with Crippen LogP contribution in [-0.2, 0) is 0 Å². The molecule has 0 rings (SSSR count). The van der Waals surface area contributed by atoms with Gasteiger partial charge in [-0.3, -0.25) is 4.39 Å². The first-order valence-corrected chi connectivity index (χ1v) is 3.16. The van der Waals surface area contributed by atoms with Gasteiger partial charge < -0.3 is 11.5 Å². The van der Waals surface area contributed by atoms with Crippen molar-refractivity contribution in [2.45, 2.75) is 25.4 Å². The van der Waals surface area contributed by atoms with Crippen molar-refractivity contribution in [3.05, 3.63) is 0 Å². The van der Waals surface area contributed by atoms with E-state index in [1.165, 1.54) is 0 Å². The van der Waals surface area contributed by atoms with E-state index in [1.807, 2.05) is 0 Å². The van der Waals surface area contributed by atoms with Gasteiger partial charge in [0.1, 0.15) is 6.67 Å². The maximum Gasteiger partial charge on any atom is 0.100 e. The summed E-state index contributed by atoms with van der Waals surface area (Å²) in [4.78, 5) is 0. The second-order valence-electron chi connectivity index (χ2n) is 2.48. The molecular weight excluding hydrogens is 131 g/mol. The Labute approximate surface area is 60.8 Å². The summed E-state index contributed by atoms with van der Waals surface area (Å²) in [5.74, 6) is 5.29. The third-order valence-electron chi connectivity index (χ3n) is 0.814. The number of nitrogens with two attached hydrogens (primary N) is 2. The van der Waals surface area contributed by atoms with Gasteiger partial charge in [-0.05, 0) is 6.92 Å². The van der Waals surface area contributed by atoms with Crippen LogP contribution >= 0.6 is 0 Å². The zero-order chi connectivity index (χ0) is 8.04. The molecule has 0 atom stereocenters. The van der Waals surface area contributed by atoms with Crippen molar-refractivity contribution < 1.29 is 4.39 Å². The van der Waals surface area contributed by atoms with Gasteiger partial charge in [-0.1, -0.05) is 5.92 Å². The summed E-state index contributed by atoms with van der Waals surface area (Å²) in [5.41, 5.74) is 10.1. The monoisotopic (exact) mass is 144 g/mol. The van der Waals surface area contributed by atoms with Crippen LogP contribution in [-0.4, -0.2) is 12.3 Å². The van der Waals surface area contributed by atoms with Gasteiger partial charge in [-0.25, -0.2) is 0 Å². The molecule has 0 bridgehead atoms. The summed E-state index contributed by atoms with van der Waals surface area (Å²) >= 11 is 0. The third-order valence-corrected chi connectivity index (χ3v) is 0.814. The normalized spacial score (nSPS) is 10.4. The Hall–Kier alpha value is -0.590. The lowest BCUT2D eigenvalue weighted by molar-refractivity contribution is 0.499. The third kappa shape index (κ3) is 7.41. The van der Waals surface area contributed by atoms with E-state index >= 15 is 0 Å². The van der Waals surface area contributed by atoms with Gasteiger partial charge >= 0.3 is 0 Å². The number of rotatable bonds is 2. The predicted octanol–water partition coefficient (Wildman–Crippen LogP) is 0.373. The first-order valence-electron chi connectivity index (χ1n) is 3.16. The van der Waals surface area contributed by atoms with Crippen molar-refractivity contribution in [1.82, 2.24) is 0 Å². The van der Waals surface area contributed by atoms with Gasteiger partial charge in [0.2, 0.25) is 0 Å². The molecule has 0 aliphatic heterocycles. The maximum atomic E-state index is 11.4. The summed E-state index contributed by atoms with van der Waals surface area (Å²) in [6.07, 6.45) is 0.684. The first kappa shape index (κ1) is 9.41. The minimum Gasteiger partial charge on any atom is -0.313 e. The summed E-state index contributed by atoms with van der Waals surface area (Å²) in [5, 5.41) is 0. The molecule has 0 spiro atoms. The van der Waals surface area contributed by atoms with Crippen LogP contribution in [0.5, 0.6) is 0 Å². The summed E-state index contributed by atoms with van der Waals surface area (Å²) in [6, 6.07) is 0. The summed E-state index contributed by atoms with van der Waals surface area (Å²) in [6.45, 7) is 1.27. The standard InChI is InChI=1S/C7H13FN2/c1-7(9,10)5-3-2-4-6-8/h4-6,9-10H2,1H3. The van der Waals surface area contributed by atoms with E-state index in [4.69, 9.17) is 11.5 Å². The molecule has 0 radical (unpaired) electrons. The van der Waals surface area contributed by atoms with Gasteiger partial charge in [-0.15, -0.1) is 5.92 Å². The van der Waals surface area contributed by atoms with E-state index in [9.17, 15) is 4.39 Å². The highest BCUT2D eigenvalue weighted by molar-refractivity contribution is 5.02. The molecule has 0 aromatic carbocycles. The molecular formula is C7H13FN2. The Bertz CT molecular complexity index is 138. The van der Waals surface area contributed by atoms with E-state index in [1.54, 1.807) is 6.92 Å². The quantitative estimate of drug-likeness (QED) is 0.434. The van der Waals surface area contributed by atoms with Crippen molar-refractivity contribution in [1.29, 1.82) is 0 Å². The van der Waals surface area contributed by atoms with Crippen LogP contribution in [0.2, 0.25) is 0 Å². The smallest absolute Gasteiger partial charge is 0.100 e. The lowest BCUT2D eigenvalue weighted by atomic mass is 10.1. The van der Waals surface area contributed by atoms with Crippen molar-refractivity contribution in [3.8, 4) is 11.8 Å². The Morgan fingerprint density at radius 3 is 2.40 bits per heavy atom. The summed E-state index contributed by atoms with van der Waals surface area (Å²) < 4.78 is 11.4. The molecule has 2 nitrogen and oxygen atoms in total. The Morgan fingerprint density at radius 1 is 1.40 bits per heavy atom. The van der Waals surface area contributed by atoms with E-state index in [0.29, 0.717) is 6.42 Å². The van der Waals surface area contributed by atoms with Gasteiger partial charge in [0.05, 0.1) is 5.66 Å². The van der Waals surface area contributed by atoms with Crippen LogP contribution in [0.15, 0.2) is 0 Å². The van der Waals surface area contributed by atoms with E-state index in [2.05, 4.69) is 11.8 Å². The van der Waals surface area contributed by atoms with Crippen LogP contribution in [0.25, 0.3) is 0 Å². The van der Waals surface area contributed by atoms with E-state index < -0.39 is 12.3 Å². The minimum absolute atomic E-state index is 0.274. The molecule has 58 valence electrons. The number of halogens is 1. The molecule has 10 heavy (non-hydrogen) atoms. The number of hydrogen-bond donors (Lipinski definition) is 2. The highest BCUT2D eigenvalue weighted by Crippen LogP contribution is 1.92. The van der Waals surface area contributed by atoms with Crippen LogP contribution in [0, 0.1) is 11.8 Å². The second-order valence-corrected chi connectivity index (χ2v) is 2.48. The topological polar surface area (TPSA) is 52.0 Å². The predicted molar refractivity (Wildman–Crippen MR) is 39.8 cm³/mol.